The topological polar surface area (TPSA) is 89.5 Å². The van der Waals surface area contributed by atoms with Gasteiger partial charge in [-0.05, 0) is 42.3 Å². The maximum atomic E-state index is 12.5. The minimum absolute atomic E-state index is 0.0451. The van der Waals surface area contributed by atoms with E-state index >= 15 is 0 Å². The highest BCUT2D eigenvalue weighted by Crippen LogP contribution is 2.24. The number of sulfone groups is 1. The molecule has 0 amide bonds. The summed E-state index contributed by atoms with van der Waals surface area (Å²) in [5.41, 5.74) is 1.45. The number of ether oxygens (including phenoxy) is 1. The molecule has 0 heterocycles. The van der Waals surface area contributed by atoms with Crippen molar-refractivity contribution in [3.8, 4) is 5.75 Å². The lowest BCUT2D eigenvalue weighted by Crippen LogP contribution is -2.24. The smallest absolute Gasteiger partial charge is 0.244 e. The van der Waals surface area contributed by atoms with Crippen molar-refractivity contribution in [3.63, 3.8) is 0 Å². The van der Waals surface area contributed by atoms with E-state index in [-0.39, 0.29) is 22.1 Å². The molecule has 2 aromatic rings. The summed E-state index contributed by atoms with van der Waals surface area (Å²) in [5, 5.41) is 0. The maximum absolute atomic E-state index is 12.5. The molecule has 0 aromatic heterocycles. The van der Waals surface area contributed by atoms with Gasteiger partial charge in [-0.15, -0.1) is 0 Å². The first-order valence-corrected chi connectivity index (χ1v) is 10.4. The Kier molecular flexibility index (Phi) is 5.32. The van der Waals surface area contributed by atoms with E-state index in [1.54, 1.807) is 31.2 Å². The van der Waals surface area contributed by atoms with Gasteiger partial charge >= 0.3 is 0 Å². The van der Waals surface area contributed by atoms with Crippen LogP contribution < -0.4 is 9.46 Å². The Morgan fingerprint density at radius 2 is 1.62 bits per heavy atom. The number of benzene rings is 2. The third-order valence-corrected chi connectivity index (χ3v) is 5.98. The van der Waals surface area contributed by atoms with Gasteiger partial charge < -0.3 is 4.74 Å². The van der Waals surface area contributed by atoms with Gasteiger partial charge in [0.15, 0.2) is 9.84 Å². The lowest BCUT2D eigenvalue weighted by atomic mass is 10.2. The van der Waals surface area contributed by atoms with E-state index < -0.39 is 19.9 Å². The Morgan fingerprint density at radius 1 is 1.00 bits per heavy atom. The summed E-state index contributed by atoms with van der Waals surface area (Å²) in [6.07, 6.45) is 1.12. The van der Waals surface area contributed by atoms with Gasteiger partial charge in [0.25, 0.3) is 0 Å². The molecule has 130 valence electrons. The fourth-order valence-electron chi connectivity index (χ4n) is 2.10. The summed E-state index contributed by atoms with van der Waals surface area (Å²) in [4.78, 5) is 0.257. The molecule has 0 unspecified atom stereocenters. The fourth-order valence-corrected chi connectivity index (χ4v) is 4.00. The molecular weight excluding hydrogens is 350 g/mol. The number of rotatable bonds is 6. The Morgan fingerprint density at radius 3 is 2.17 bits per heavy atom. The summed E-state index contributed by atoms with van der Waals surface area (Å²) < 4.78 is 55.4. The van der Waals surface area contributed by atoms with Crippen molar-refractivity contribution >= 4 is 19.9 Å². The Hall–Kier alpha value is -1.90. The van der Waals surface area contributed by atoms with Crippen LogP contribution in [0.5, 0.6) is 5.75 Å². The molecule has 0 atom stereocenters. The molecule has 1 N–H and O–H groups in total. The van der Waals surface area contributed by atoms with Crippen LogP contribution in [0.3, 0.4) is 0 Å². The second kappa shape index (κ2) is 6.92. The summed E-state index contributed by atoms with van der Waals surface area (Å²) in [6.45, 7) is 1.84. The molecule has 2 rings (SSSR count). The van der Waals surface area contributed by atoms with E-state index in [4.69, 9.17) is 4.74 Å². The molecule has 6 nitrogen and oxygen atoms in total. The molecule has 0 radical (unpaired) electrons. The standard InChI is InChI=1S/C16H19NO5S2/c1-12-4-9-15(22-2)16(10-12)24(20,21)17-11-13-5-7-14(8-6-13)23(3,18)19/h4-10,17H,11H2,1-3H3. The zero-order valence-electron chi connectivity index (χ0n) is 13.6. The van der Waals surface area contributed by atoms with Crippen molar-refractivity contribution in [1.29, 1.82) is 0 Å². The molecule has 0 aliphatic carbocycles. The molecule has 0 aliphatic heterocycles. The first-order chi connectivity index (χ1) is 11.1. The third kappa shape index (κ3) is 4.34. The highest BCUT2D eigenvalue weighted by molar-refractivity contribution is 7.90. The molecular formula is C16H19NO5S2. The molecule has 0 saturated heterocycles. The van der Waals surface area contributed by atoms with Crippen LogP contribution in [0.2, 0.25) is 0 Å². The normalized spacial score (nSPS) is 12.1. The van der Waals surface area contributed by atoms with Gasteiger partial charge in [-0.2, -0.15) is 0 Å². The second-order valence-electron chi connectivity index (χ2n) is 5.39. The first-order valence-electron chi connectivity index (χ1n) is 7.07. The zero-order valence-corrected chi connectivity index (χ0v) is 15.2. The van der Waals surface area contributed by atoms with Crippen LogP contribution >= 0.6 is 0 Å². The molecule has 2 aromatic carbocycles. The first kappa shape index (κ1) is 18.4. The van der Waals surface area contributed by atoms with Gasteiger partial charge in [-0.3, -0.25) is 0 Å². The number of methoxy groups -OCH3 is 1. The van der Waals surface area contributed by atoms with E-state index in [0.717, 1.165) is 11.8 Å². The van der Waals surface area contributed by atoms with Crippen LogP contribution in [0.25, 0.3) is 0 Å². The monoisotopic (exact) mass is 369 g/mol. The average molecular weight is 369 g/mol. The number of hydrogen-bond donors (Lipinski definition) is 1. The summed E-state index contributed by atoms with van der Waals surface area (Å²) in [7, 11) is -5.62. The van der Waals surface area contributed by atoms with Crippen molar-refractivity contribution in [1.82, 2.24) is 4.72 Å². The minimum Gasteiger partial charge on any atom is -0.495 e. The second-order valence-corrected chi connectivity index (χ2v) is 9.15. The predicted octanol–water partition coefficient (Wildman–Crippen LogP) is 1.89. The van der Waals surface area contributed by atoms with Gasteiger partial charge in [0.2, 0.25) is 10.0 Å². The van der Waals surface area contributed by atoms with Crippen LogP contribution in [-0.2, 0) is 26.4 Å². The van der Waals surface area contributed by atoms with Crippen molar-refractivity contribution in [2.45, 2.75) is 23.3 Å². The van der Waals surface area contributed by atoms with Crippen LogP contribution in [-0.4, -0.2) is 30.2 Å². The highest BCUT2D eigenvalue weighted by atomic mass is 32.2. The summed E-state index contributed by atoms with van der Waals surface area (Å²) in [5.74, 6) is 0.264. The van der Waals surface area contributed by atoms with E-state index in [1.807, 2.05) is 0 Å². The average Bonchev–Trinajstić information content (AvgIpc) is 2.52. The molecule has 0 saturated carbocycles. The number of nitrogens with one attached hydrogen (secondary N) is 1. The van der Waals surface area contributed by atoms with Gasteiger partial charge in [0, 0.05) is 12.8 Å². The van der Waals surface area contributed by atoms with E-state index in [9.17, 15) is 16.8 Å². The lowest BCUT2D eigenvalue weighted by Gasteiger charge is -2.11. The summed E-state index contributed by atoms with van der Waals surface area (Å²) in [6, 6.07) is 11.0. The molecule has 24 heavy (non-hydrogen) atoms. The van der Waals surface area contributed by atoms with Crippen molar-refractivity contribution in [3.05, 3.63) is 53.6 Å². The van der Waals surface area contributed by atoms with Gasteiger partial charge in [0.05, 0.1) is 12.0 Å². The van der Waals surface area contributed by atoms with E-state index in [2.05, 4.69) is 4.72 Å². The van der Waals surface area contributed by atoms with Crippen molar-refractivity contribution in [2.75, 3.05) is 13.4 Å². The van der Waals surface area contributed by atoms with Gasteiger partial charge in [-0.25, -0.2) is 21.6 Å². The highest BCUT2D eigenvalue weighted by Gasteiger charge is 2.19. The van der Waals surface area contributed by atoms with Crippen LogP contribution in [0.1, 0.15) is 11.1 Å². The van der Waals surface area contributed by atoms with Crippen molar-refractivity contribution < 1.29 is 21.6 Å². The molecule has 0 aliphatic rings. The van der Waals surface area contributed by atoms with Gasteiger partial charge in [0.1, 0.15) is 10.6 Å². The fraction of sp³-hybridized carbons (Fsp3) is 0.250. The third-order valence-electron chi connectivity index (χ3n) is 3.43. The zero-order chi connectivity index (χ0) is 18.0. The Bertz CT molecular complexity index is 933. The maximum Gasteiger partial charge on any atom is 0.244 e. The lowest BCUT2D eigenvalue weighted by molar-refractivity contribution is 0.402. The largest absolute Gasteiger partial charge is 0.495 e. The SMILES string of the molecule is COc1ccc(C)cc1S(=O)(=O)NCc1ccc(S(C)(=O)=O)cc1. The van der Waals surface area contributed by atoms with Crippen LogP contribution in [0, 0.1) is 6.92 Å². The molecule has 0 spiro atoms. The Balaban J connectivity index is 2.20. The minimum atomic E-state index is -3.76. The van der Waals surface area contributed by atoms with Crippen LogP contribution in [0.4, 0.5) is 0 Å². The molecule has 0 fully saturated rings. The Labute approximate surface area is 142 Å². The number of hydrogen-bond acceptors (Lipinski definition) is 5. The quantitative estimate of drug-likeness (QED) is 0.840. The predicted molar refractivity (Wildman–Crippen MR) is 91.3 cm³/mol. The van der Waals surface area contributed by atoms with Crippen molar-refractivity contribution in [2.24, 2.45) is 0 Å². The van der Waals surface area contributed by atoms with Crippen LogP contribution in [0.15, 0.2) is 52.3 Å². The molecule has 8 heteroatoms. The number of sulfonamides is 1. The molecule has 0 bridgehead atoms. The van der Waals surface area contributed by atoms with E-state index in [1.165, 1.54) is 25.3 Å². The van der Waals surface area contributed by atoms with E-state index in [0.29, 0.717) is 5.56 Å². The van der Waals surface area contributed by atoms with Gasteiger partial charge in [-0.1, -0.05) is 18.2 Å². The summed E-state index contributed by atoms with van der Waals surface area (Å²) >= 11 is 0. The number of aryl methyl sites for hydroxylation is 1.